The fourth-order valence-electron chi connectivity index (χ4n) is 3.31. The number of carbonyl (C=O) groups is 1. The largest absolute Gasteiger partial charge is 0.481 e. The average Bonchev–Trinajstić information content (AvgIpc) is 2.77. The molecule has 1 saturated heterocycles. The van der Waals surface area contributed by atoms with Gasteiger partial charge in [-0.05, 0) is 31.2 Å². The molecule has 31 heavy (non-hydrogen) atoms. The van der Waals surface area contributed by atoms with Crippen molar-refractivity contribution in [2.45, 2.75) is 24.8 Å². The monoisotopic (exact) mass is 453 g/mol. The number of sulfonamides is 1. The van der Waals surface area contributed by atoms with E-state index in [1.807, 2.05) is 0 Å². The van der Waals surface area contributed by atoms with E-state index in [0.29, 0.717) is 38.6 Å². The van der Waals surface area contributed by atoms with Crippen LogP contribution < -0.4 is 10.5 Å². The van der Waals surface area contributed by atoms with Crippen LogP contribution >= 0.6 is 0 Å². The molecule has 0 radical (unpaired) electrons. The predicted octanol–water partition coefficient (Wildman–Crippen LogP) is -0.106. The maximum atomic E-state index is 13.5. The Kier molecular flexibility index (Phi) is 9.74. The van der Waals surface area contributed by atoms with Crippen molar-refractivity contribution in [3.05, 3.63) is 24.3 Å². The first-order valence-corrected chi connectivity index (χ1v) is 11.6. The van der Waals surface area contributed by atoms with Crippen molar-refractivity contribution >= 4 is 15.9 Å². The minimum atomic E-state index is -4.06. The van der Waals surface area contributed by atoms with E-state index >= 15 is 0 Å². The van der Waals surface area contributed by atoms with Crippen LogP contribution in [0.3, 0.4) is 0 Å². The van der Waals surface area contributed by atoms with Gasteiger partial charge in [-0.3, -0.25) is 9.69 Å². The molecule has 2 unspecified atom stereocenters. The SMILES string of the molecule is CC#CCOc1ccc(S(=O)(=O)N(CCN2CCOCC2)C(C(N)=O)C(C)CO)cc1. The third-order valence-corrected chi connectivity index (χ3v) is 6.98. The van der Waals surface area contributed by atoms with E-state index in [1.54, 1.807) is 26.0 Å². The predicted molar refractivity (Wildman–Crippen MR) is 116 cm³/mol. The summed E-state index contributed by atoms with van der Waals surface area (Å²) < 4.78 is 38.8. The number of benzene rings is 1. The molecule has 172 valence electrons. The number of amides is 1. The van der Waals surface area contributed by atoms with E-state index in [1.165, 1.54) is 12.1 Å². The third-order valence-electron chi connectivity index (χ3n) is 5.09. The molecule has 0 spiro atoms. The Morgan fingerprint density at radius 1 is 1.32 bits per heavy atom. The van der Waals surface area contributed by atoms with Gasteiger partial charge in [0.05, 0.1) is 18.1 Å². The summed E-state index contributed by atoms with van der Waals surface area (Å²) in [6.45, 7) is 6.10. The van der Waals surface area contributed by atoms with Crippen LogP contribution in [-0.4, -0.2) is 87.3 Å². The Morgan fingerprint density at radius 2 is 1.97 bits per heavy atom. The highest BCUT2D eigenvalue weighted by Gasteiger charge is 2.38. The number of ether oxygens (including phenoxy) is 2. The number of hydrogen-bond donors (Lipinski definition) is 2. The first kappa shape index (κ1) is 25.1. The number of nitrogens with zero attached hydrogens (tertiary/aromatic N) is 2. The molecule has 2 atom stereocenters. The van der Waals surface area contributed by atoms with Gasteiger partial charge >= 0.3 is 0 Å². The highest BCUT2D eigenvalue weighted by Crippen LogP contribution is 2.24. The van der Waals surface area contributed by atoms with E-state index in [4.69, 9.17) is 15.2 Å². The zero-order valence-corrected chi connectivity index (χ0v) is 18.8. The van der Waals surface area contributed by atoms with Crippen LogP contribution in [0.5, 0.6) is 5.75 Å². The number of carbonyl (C=O) groups excluding carboxylic acids is 1. The van der Waals surface area contributed by atoms with Crippen molar-refractivity contribution < 1.29 is 27.8 Å². The quantitative estimate of drug-likeness (QED) is 0.449. The summed E-state index contributed by atoms with van der Waals surface area (Å²) in [4.78, 5) is 14.3. The van der Waals surface area contributed by atoms with E-state index in [2.05, 4.69) is 16.7 Å². The van der Waals surface area contributed by atoms with Crippen molar-refractivity contribution in [1.82, 2.24) is 9.21 Å². The Morgan fingerprint density at radius 3 is 2.52 bits per heavy atom. The molecule has 1 aliphatic heterocycles. The molecule has 0 aromatic heterocycles. The highest BCUT2D eigenvalue weighted by atomic mass is 32.2. The lowest BCUT2D eigenvalue weighted by Gasteiger charge is -2.34. The number of morpholine rings is 1. The molecule has 0 aliphatic carbocycles. The molecule has 1 amide bonds. The molecule has 1 heterocycles. The van der Waals surface area contributed by atoms with Gasteiger partial charge in [0.25, 0.3) is 0 Å². The van der Waals surface area contributed by atoms with Gasteiger partial charge in [0.1, 0.15) is 18.4 Å². The molecule has 10 heteroatoms. The number of nitrogens with two attached hydrogens (primary N) is 1. The van der Waals surface area contributed by atoms with E-state index < -0.39 is 27.9 Å². The second kappa shape index (κ2) is 12.0. The maximum absolute atomic E-state index is 13.5. The number of primary amides is 1. The van der Waals surface area contributed by atoms with E-state index in [-0.39, 0.29) is 24.7 Å². The molecule has 3 N–H and O–H groups in total. The smallest absolute Gasteiger partial charge is 0.243 e. The summed E-state index contributed by atoms with van der Waals surface area (Å²) >= 11 is 0. The topological polar surface area (TPSA) is 122 Å². The molecule has 2 rings (SSSR count). The summed E-state index contributed by atoms with van der Waals surface area (Å²) in [6, 6.07) is 4.76. The van der Waals surface area contributed by atoms with Crippen LogP contribution in [0.15, 0.2) is 29.2 Å². The summed E-state index contributed by atoms with van der Waals surface area (Å²) in [5.41, 5.74) is 5.57. The second-order valence-electron chi connectivity index (χ2n) is 7.26. The highest BCUT2D eigenvalue weighted by molar-refractivity contribution is 7.89. The van der Waals surface area contributed by atoms with Gasteiger partial charge in [0.2, 0.25) is 15.9 Å². The Hall–Kier alpha value is -2.16. The molecule has 1 aliphatic rings. The Bertz CT molecular complexity index is 873. The number of aliphatic hydroxyl groups is 1. The van der Waals surface area contributed by atoms with Crippen molar-refractivity contribution in [1.29, 1.82) is 0 Å². The standard InChI is InChI=1S/C21H31N3O6S/c1-3-4-13-30-18-5-7-19(8-6-18)31(27,28)24(20(21(22)26)17(2)16-25)10-9-23-11-14-29-15-12-23/h5-8,17,20,25H,9-16H2,1-2H3,(H2,22,26). The number of hydrogen-bond acceptors (Lipinski definition) is 7. The summed E-state index contributed by atoms with van der Waals surface area (Å²) in [5, 5.41) is 9.61. The minimum absolute atomic E-state index is 0.0137. The second-order valence-corrected chi connectivity index (χ2v) is 9.15. The van der Waals surface area contributed by atoms with Crippen LogP contribution in [0.1, 0.15) is 13.8 Å². The van der Waals surface area contributed by atoms with Crippen LogP contribution in [-0.2, 0) is 19.6 Å². The van der Waals surface area contributed by atoms with Gasteiger partial charge < -0.3 is 20.3 Å². The zero-order chi connectivity index (χ0) is 22.9. The lowest BCUT2D eigenvalue weighted by atomic mass is 10.0. The summed E-state index contributed by atoms with van der Waals surface area (Å²) in [6.07, 6.45) is 0. The first-order chi connectivity index (χ1) is 14.8. The van der Waals surface area contributed by atoms with Crippen LogP contribution in [0, 0.1) is 17.8 Å². The van der Waals surface area contributed by atoms with Gasteiger partial charge in [0.15, 0.2) is 0 Å². The molecule has 1 aromatic carbocycles. The van der Waals surface area contributed by atoms with Crippen LogP contribution in [0.25, 0.3) is 0 Å². The third kappa shape index (κ3) is 6.92. The fraction of sp³-hybridized carbons (Fsp3) is 0.571. The average molecular weight is 454 g/mol. The fourth-order valence-corrected chi connectivity index (χ4v) is 5.00. The normalized spacial score (nSPS) is 16.9. The molecular weight excluding hydrogens is 422 g/mol. The van der Waals surface area contributed by atoms with Gasteiger partial charge in [-0.2, -0.15) is 4.31 Å². The molecule has 0 saturated carbocycles. The molecule has 9 nitrogen and oxygen atoms in total. The van der Waals surface area contributed by atoms with E-state index in [0.717, 1.165) is 4.31 Å². The van der Waals surface area contributed by atoms with Gasteiger partial charge in [-0.1, -0.05) is 12.8 Å². The zero-order valence-electron chi connectivity index (χ0n) is 18.0. The van der Waals surface area contributed by atoms with Crippen molar-refractivity contribution in [2.75, 3.05) is 52.6 Å². The number of aliphatic hydroxyl groups excluding tert-OH is 1. The van der Waals surface area contributed by atoms with Gasteiger partial charge in [-0.15, -0.1) is 5.92 Å². The van der Waals surface area contributed by atoms with Crippen molar-refractivity contribution in [3.63, 3.8) is 0 Å². The Balaban J connectivity index is 2.30. The summed E-state index contributed by atoms with van der Waals surface area (Å²) in [7, 11) is -4.06. The van der Waals surface area contributed by atoms with Crippen molar-refractivity contribution in [3.8, 4) is 17.6 Å². The van der Waals surface area contributed by atoms with Crippen molar-refractivity contribution in [2.24, 2.45) is 11.7 Å². The van der Waals surface area contributed by atoms with Gasteiger partial charge in [-0.25, -0.2) is 8.42 Å². The molecule has 1 aromatic rings. The molecule has 1 fully saturated rings. The van der Waals surface area contributed by atoms with Gasteiger partial charge in [0, 0.05) is 38.7 Å². The Labute approximate surface area is 184 Å². The first-order valence-electron chi connectivity index (χ1n) is 10.2. The number of rotatable bonds is 11. The van der Waals surface area contributed by atoms with E-state index in [9.17, 15) is 18.3 Å². The maximum Gasteiger partial charge on any atom is 0.243 e. The molecular formula is C21H31N3O6S. The lowest BCUT2D eigenvalue weighted by Crippen LogP contribution is -2.54. The van der Waals surface area contributed by atoms with Crippen LogP contribution in [0.4, 0.5) is 0 Å². The summed E-state index contributed by atoms with van der Waals surface area (Å²) in [5.74, 6) is 4.50. The van der Waals surface area contributed by atoms with Crippen LogP contribution in [0.2, 0.25) is 0 Å². The lowest BCUT2D eigenvalue weighted by molar-refractivity contribution is -0.123. The molecule has 0 bridgehead atoms. The minimum Gasteiger partial charge on any atom is -0.481 e.